The molecule has 0 amide bonds. The Morgan fingerprint density at radius 3 is 2.45 bits per heavy atom. The van der Waals surface area contributed by atoms with Crippen molar-refractivity contribution in [3.8, 4) is 0 Å². The lowest BCUT2D eigenvalue weighted by molar-refractivity contribution is 0.567. The fraction of sp³-hybridized carbons (Fsp3) is 0.200. The molecule has 0 aliphatic rings. The predicted molar refractivity (Wildman–Crippen MR) is 80.2 cm³/mol. The van der Waals surface area contributed by atoms with Gasteiger partial charge in [0.15, 0.2) is 0 Å². The quantitative estimate of drug-likeness (QED) is 0.940. The van der Waals surface area contributed by atoms with Crippen LogP contribution in [0.4, 0.5) is 0 Å². The molecule has 3 nitrogen and oxygen atoms in total. The van der Waals surface area contributed by atoms with E-state index in [9.17, 15) is 8.42 Å². The van der Waals surface area contributed by atoms with E-state index < -0.39 is 16.1 Å². The maximum atomic E-state index is 12.3. The molecule has 0 aromatic heterocycles. The van der Waals surface area contributed by atoms with Gasteiger partial charge < -0.3 is 0 Å². The standard InChI is InChI=1S/C15H15ClNO2S/c1-11-6-8-15(9-7-11)20(18,19)17-12(2)13-4-3-5-14(16)10-13/h3,5-10,12,17H,1-2H3/t12-/m1/s1. The van der Waals surface area contributed by atoms with Crippen molar-refractivity contribution in [1.82, 2.24) is 4.72 Å². The maximum absolute atomic E-state index is 12.3. The van der Waals surface area contributed by atoms with Crippen LogP contribution in [-0.4, -0.2) is 8.42 Å². The first kappa shape index (κ1) is 15.0. The third-order valence-electron chi connectivity index (χ3n) is 2.92. The Morgan fingerprint density at radius 2 is 1.85 bits per heavy atom. The Bertz CT molecular complexity index is 696. The number of hydrogen-bond donors (Lipinski definition) is 1. The topological polar surface area (TPSA) is 46.2 Å². The van der Waals surface area contributed by atoms with Crippen molar-refractivity contribution in [3.05, 3.63) is 64.7 Å². The highest BCUT2D eigenvalue weighted by Crippen LogP contribution is 2.19. The van der Waals surface area contributed by atoms with E-state index in [1.807, 2.05) is 6.92 Å². The molecule has 0 fully saturated rings. The molecule has 0 aliphatic heterocycles. The lowest BCUT2D eigenvalue weighted by Crippen LogP contribution is -2.26. The van der Waals surface area contributed by atoms with Crippen molar-refractivity contribution in [3.63, 3.8) is 0 Å². The van der Waals surface area contributed by atoms with Crippen molar-refractivity contribution >= 4 is 21.6 Å². The zero-order valence-corrected chi connectivity index (χ0v) is 12.8. The summed E-state index contributed by atoms with van der Waals surface area (Å²) in [4.78, 5) is 0.247. The Hall–Kier alpha value is -1.36. The molecular formula is C15H15ClNO2S. The normalized spacial score (nSPS) is 13.2. The molecule has 105 valence electrons. The Kier molecular flexibility index (Phi) is 4.48. The molecule has 1 N–H and O–H groups in total. The molecule has 20 heavy (non-hydrogen) atoms. The second kappa shape index (κ2) is 5.95. The average Bonchev–Trinajstić information content (AvgIpc) is 2.38. The number of sulfonamides is 1. The summed E-state index contributed by atoms with van der Waals surface area (Å²) in [6, 6.07) is 14.4. The second-order valence-electron chi connectivity index (χ2n) is 4.62. The summed E-state index contributed by atoms with van der Waals surface area (Å²) >= 11 is 5.90. The van der Waals surface area contributed by atoms with E-state index in [4.69, 9.17) is 11.6 Å². The third-order valence-corrected chi connectivity index (χ3v) is 4.71. The van der Waals surface area contributed by atoms with Crippen molar-refractivity contribution in [1.29, 1.82) is 0 Å². The highest BCUT2D eigenvalue weighted by atomic mass is 35.5. The number of aryl methyl sites for hydroxylation is 1. The first-order valence-corrected chi connectivity index (χ1v) is 8.01. The van der Waals surface area contributed by atoms with Crippen LogP contribution in [0.15, 0.2) is 47.4 Å². The first-order valence-electron chi connectivity index (χ1n) is 6.14. The molecule has 2 rings (SSSR count). The van der Waals surface area contributed by atoms with Crippen molar-refractivity contribution in [2.45, 2.75) is 24.8 Å². The van der Waals surface area contributed by atoms with Crippen molar-refractivity contribution in [2.24, 2.45) is 0 Å². The second-order valence-corrected chi connectivity index (χ2v) is 6.77. The molecule has 0 spiro atoms. The molecule has 0 saturated carbocycles. The van der Waals surface area contributed by atoms with E-state index >= 15 is 0 Å². The van der Waals surface area contributed by atoms with E-state index in [1.165, 1.54) is 0 Å². The molecule has 5 heteroatoms. The van der Waals surface area contributed by atoms with Crippen LogP contribution < -0.4 is 4.72 Å². The van der Waals surface area contributed by atoms with Gasteiger partial charge in [0.1, 0.15) is 0 Å². The lowest BCUT2D eigenvalue weighted by atomic mass is 10.1. The molecule has 2 aromatic rings. The fourth-order valence-corrected chi connectivity index (χ4v) is 3.19. The fourth-order valence-electron chi connectivity index (χ4n) is 1.79. The minimum atomic E-state index is -3.55. The molecule has 0 aliphatic carbocycles. The van der Waals surface area contributed by atoms with Crippen LogP contribution in [0.5, 0.6) is 0 Å². The summed E-state index contributed by atoms with van der Waals surface area (Å²) in [5.74, 6) is 0. The van der Waals surface area contributed by atoms with E-state index in [0.717, 1.165) is 5.56 Å². The zero-order valence-electron chi connectivity index (χ0n) is 11.2. The summed E-state index contributed by atoms with van der Waals surface area (Å²) < 4.78 is 27.1. The molecule has 0 bridgehead atoms. The Morgan fingerprint density at radius 1 is 1.20 bits per heavy atom. The van der Waals surface area contributed by atoms with Gasteiger partial charge in [0.2, 0.25) is 10.0 Å². The smallest absolute Gasteiger partial charge is 0.207 e. The van der Waals surface area contributed by atoms with Gasteiger partial charge >= 0.3 is 0 Å². The lowest BCUT2D eigenvalue weighted by Gasteiger charge is -2.14. The summed E-state index contributed by atoms with van der Waals surface area (Å²) in [6.45, 7) is 3.67. The van der Waals surface area contributed by atoms with E-state index in [-0.39, 0.29) is 4.90 Å². The van der Waals surface area contributed by atoms with Gasteiger partial charge in [-0.25, -0.2) is 13.1 Å². The van der Waals surface area contributed by atoms with Gasteiger partial charge in [0, 0.05) is 11.1 Å². The van der Waals surface area contributed by atoms with Crippen molar-refractivity contribution < 1.29 is 8.42 Å². The summed E-state index contributed by atoms with van der Waals surface area (Å²) in [7, 11) is -3.55. The predicted octanol–water partition coefficient (Wildman–Crippen LogP) is 3.49. The summed E-state index contributed by atoms with van der Waals surface area (Å²) in [5, 5.41) is 0.556. The van der Waals surface area contributed by atoms with Gasteiger partial charge in [0.05, 0.1) is 4.90 Å². The first-order chi connectivity index (χ1) is 9.38. The Labute approximate surface area is 124 Å². The zero-order chi connectivity index (χ0) is 14.8. The van der Waals surface area contributed by atoms with Crippen LogP contribution in [0.2, 0.25) is 5.02 Å². The molecule has 2 aromatic carbocycles. The molecule has 0 unspecified atom stereocenters. The molecule has 1 atom stereocenters. The monoisotopic (exact) mass is 308 g/mol. The van der Waals surface area contributed by atoms with E-state index in [1.54, 1.807) is 49.4 Å². The van der Waals surface area contributed by atoms with Gasteiger partial charge in [-0.15, -0.1) is 0 Å². The van der Waals surface area contributed by atoms with E-state index in [0.29, 0.717) is 10.6 Å². The van der Waals surface area contributed by atoms with Crippen LogP contribution in [0, 0.1) is 13.0 Å². The minimum absolute atomic E-state index is 0.247. The number of hydrogen-bond acceptors (Lipinski definition) is 2. The van der Waals surface area contributed by atoms with Crippen LogP contribution in [0.25, 0.3) is 0 Å². The molecule has 0 heterocycles. The van der Waals surface area contributed by atoms with Crippen molar-refractivity contribution in [2.75, 3.05) is 0 Å². The van der Waals surface area contributed by atoms with Crippen LogP contribution in [0.3, 0.4) is 0 Å². The largest absolute Gasteiger partial charge is 0.241 e. The number of rotatable bonds is 4. The highest BCUT2D eigenvalue weighted by molar-refractivity contribution is 7.89. The van der Waals surface area contributed by atoms with E-state index in [2.05, 4.69) is 10.8 Å². The van der Waals surface area contributed by atoms with Gasteiger partial charge in [-0.3, -0.25) is 0 Å². The Balaban J connectivity index is 2.22. The number of halogens is 1. The average molecular weight is 309 g/mol. The SMILES string of the molecule is Cc1ccc(S(=O)(=O)N[C@H](C)c2[c]ccc(Cl)c2)cc1. The van der Waals surface area contributed by atoms with Gasteiger partial charge in [0.25, 0.3) is 0 Å². The van der Waals surface area contributed by atoms with Gasteiger partial charge in [-0.05, 0) is 49.7 Å². The van der Waals surface area contributed by atoms with Gasteiger partial charge in [-0.2, -0.15) is 0 Å². The van der Waals surface area contributed by atoms with Crippen LogP contribution in [0.1, 0.15) is 24.1 Å². The number of benzene rings is 2. The highest BCUT2D eigenvalue weighted by Gasteiger charge is 2.18. The van der Waals surface area contributed by atoms with Crippen LogP contribution >= 0.6 is 11.6 Å². The minimum Gasteiger partial charge on any atom is -0.207 e. The molecule has 0 saturated heterocycles. The van der Waals surface area contributed by atoms with Gasteiger partial charge in [-0.1, -0.05) is 35.4 Å². The van der Waals surface area contributed by atoms with Crippen LogP contribution in [-0.2, 0) is 10.0 Å². The molecular weight excluding hydrogens is 294 g/mol. The molecule has 1 radical (unpaired) electrons. The third kappa shape index (κ3) is 3.60. The number of nitrogens with one attached hydrogen (secondary N) is 1. The maximum Gasteiger partial charge on any atom is 0.241 e. The summed E-state index contributed by atoms with van der Waals surface area (Å²) in [6.07, 6.45) is 0. The summed E-state index contributed by atoms with van der Waals surface area (Å²) in [5.41, 5.74) is 1.72.